The fourth-order valence-corrected chi connectivity index (χ4v) is 2.17. The maximum atomic E-state index is 3.64. The third-order valence-corrected chi connectivity index (χ3v) is 3.53. The molecule has 0 bridgehead atoms. The fraction of sp³-hybridized carbons (Fsp3) is 1.00. The summed E-state index contributed by atoms with van der Waals surface area (Å²) in [5.41, 5.74) is 0. The lowest BCUT2D eigenvalue weighted by molar-refractivity contribution is 0.295. The highest BCUT2D eigenvalue weighted by molar-refractivity contribution is 4.62. The molecule has 0 rings (SSSR count). The van der Waals surface area contributed by atoms with Crippen molar-refractivity contribution in [1.29, 1.82) is 0 Å². The van der Waals surface area contributed by atoms with Gasteiger partial charge < -0.3 is 10.2 Å². The second kappa shape index (κ2) is 12.4. The van der Waals surface area contributed by atoms with Crippen LogP contribution in [-0.4, -0.2) is 37.1 Å². The van der Waals surface area contributed by atoms with Crippen molar-refractivity contribution < 1.29 is 0 Å². The first-order chi connectivity index (χ1) is 8.24. The monoisotopic (exact) mass is 242 g/mol. The standard InChI is InChI=1S/C15H34N2/c1-5-8-9-10-12-15(4)16-13-11-14-17(6-2)7-3/h15-16H,5-14H2,1-4H3. The first-order valence-corrected chi connectivity index (χ1v) is 7.70. The van der Waals surface area contributed by atoms with Crippen LogP contribution in [0.2, 0.25) is 0 Å². The number of rotatable bonds is 12. The zero-order chi connectivity index (χ0) is 12.9. The molecule has 1 atom stereocenters. The molecule has 0 aromatic rings. The smallest absolute Gasteiger partial charge is 0.00387 e. The van der Waals surface area contributed by atoms with Crippen LogP contribution in [0.5, 0.6) is 0 Å². The maximum Gasteiger partial charge on any atom is 0.00387 e. The van der Waals surface area contributed by atoms with Gasteiger partial charge in [0.1, 0.15) is 0 Å². The van der Waals surface area contributed by atoms with E-state index >= 15 is 0 Å². The molecule has 0 aromatic carbocycles. The van der Waals surface area contributed by atoms with Crippen LogP contribution in [0.25, 0.3) is 0 Å². The number of unbranched alkanes of at least 4 members (excludes halogenated alkanes) is 3. The highest BCUT2D eigenvalue weighted by Crippen LogP contribution is 2.05. The highest BCUT2D eigenvalue weighted by Gasteiger charge is 2.02. The average molecular weight is 242 g/mol. The summed E-state index contributed by atoms with van der Waals surface area (Å²) in [5.74, 6) is 0. The van der Waals surface area contributed by atoms with Gasteiger partial charge in [-0.05, 0) is 45.9 Å². The van der Waals surface area contributed by atoms with E-state index in [-0.39, 0.29) is 0 Å². The molecule has 0 saturated heterocycles. The van der Waals surface area contributed by atoms with Crippen LogP contribution in [0.4, 0.5) is 0 Å². The minimum absolute atomic E-state index is 0.698. The Kier molecular flexibility index (Phi) is 12.3. The van der Waals surface area contributed by atoms with E-state index in [0.717, 1.165) is 0 Å². The van der Waals surface area contributed by atoms with E-state index in [1.807, 2.05) is 0 Å². The van der Waals surface area contributed by atoms with Crippen molar-refractivity contribution in [3.8, 4) is 0 Å². The summed E-state index contributed by atoms with van der Waals surface area (Å²) in [5, 5.41) is 3.64. The Balaban J connectivity index is 3.29. The van der Waals surface area contributed by atoms with E-state index in [9.17, 15) is 0 Å². The fourth-order valence-electron chi connectivity index (χ4n) is 2.17. The molecule has 0 amide bonds. The summed E-state index contributed by atoms with van der Waals surface area (Å²) in [6, 6.07) is 0.698. The van der Waals surface area contributed by atoms with Crippen molar-refractivity contribution in [2.75, 3.05) is 26.2 Å². The number of hydrogen-bond donors (Lipinski definition) is 1. The Bertz CT molecular complexity index is 144. The molecule has 0 aliphatic heterocycles. The summed E-state index contributed by atoms with van der Waals surface area (Å²) >= 11 is 0. The van der Waals surface area contributed by atoms with Crippen LogP contribution in [0.3, 0.4) is 0 Å². The van der Waals surface area contributed by atoms with Crippen molar-refractivity contribution in [1.82, 2.24) is 10.2 Å². The molecular weight excluding hydrogens is 208 g/mol. The third kappa shape index (κ3) is 10.8. The molecule has 2 heteroatoms. The van der Waals surface area contributed by atoms with Gasteiger partial charge in [0.2, 0.25) is 0 Å². The minimum atomic E-state index is 0.698. The van der Waals surface area contributed by atoms with Gasteiger partial charge >= 0.3 is 0 Å². The van der Waals surface area contributed by atoms with Gasteiger partial charge in [0.05, 0.1) is 0 Å². The second-order valence-electron chi connectivity index (χ2n) is 5.08. The van der Waals surface area contributed by atoms with Gasteiger partial charge in [-0.15, -0.1) is 0 Å². The number of nitrogens with zero attached hydrogens (tertiary/aromatic N) is 1. The zero-order valence-corrected chi connectivity index (χ0v) is 12.6. The van der Waals surface area contributed by atoms with Gasteiger partial charge in [0, 0.05) is 6.04 Å². The second-order valence-corrected chi connectivity index (χ2v) is 5.08. The van der Waals surface area contributed by atoms with Crippen LogP contribution < -0.4 is 5.32 Å². The molecular formula is C15H34N2. The molecule has 17 heavy (non-hydrogen) atoms. The summed E-state index contributed by atoms with van der Waals surface area (Å²) in [4.78, 5) is 2.49. The van der Waals surface area contributed by atoms with Gasteiger partial charge in [0.25, 0.3) is 0 Å². The SMILES string of the molecule is CCCCCCC(C)NCCCN(CC)CC. The van der Waals surface area contributed by atoms with Crippen molar-refractivity contribution in [3.05, 3.63) is 0 Å². The van der Waals surface area contributed by atoms with Crippen LogP contribution in [0, 0.1) is 0 Å². The molecule has 1 N–H and O–H groups in total. The van der Waals surface area contributed by atoms with Crippen molar-refractivity contribution in [2.24, 2.45) is 0 Å². The van der Waals surface area contributed by atoms with Gasteiger partial charge in [-0.2, -0.15) is 0 Å². The van der Waals surface area contributed by atoms with Gasteiger partial charge in [0.15, 0.2) is 0 Å². The summed E-state index contributed by atoms with van der Waals surface area (Å²) in [7, 11) is 0. The Labute approximate surface area is 109 Å². The molecule has 0 fully saturated rings. The number of nitrogens with one attached hydrogen (secondary N) is 1. The molecule has 0 saturated carbocycles. The maximum absolute atomic E-state index is 3.64. The summed E-state index contributed by atoms with van der Waals surface area (Å²) in [6.45, 7) is 13.9. The Morgan fingerprint density at radius 2 is 1.65 bits per heavy atom. The van der Waals surface area contributed by atoms with Crippen LogP contribution >= 0.6 is 0 Å². The molecule has 0 aromatic heterocycles. The van der Waals surface area contributed by atoms with E-state index in [1.165, 1.54) is 64.7 Å². The predicted molar refractivity (Wildman–Crippen MR) is 78.6 cm³/mol. The normalized spacial score (nSPS) is 13.2. The molecule has 104 valence electrons. The zero-order valence-electron chi connectivity index (χ0n) is 12.6. The van der Waals surface area contributed by atoms with E-state index in [4.69, 9.17) is 0 Å². The summed E-state index contributed by atoms with van der Waals surface area (Å²) < 4.78 is 0. The molecule has 1 unspecified atom stereocenters. The lowest BCUT2D eigenvalue weighted by Gasteiger charge is -2.19. The Hall–Kier alpha value is -0.0800. The molecule has 0 heterocycles. The summed E-state index contributed by atoms with van der Waals surface area (Å²) in [6.07, 6.45) is 8.15. The lowest BCUT2D eigenvalue weighted by atomic mass is 10.1. The number of hydrogen-bond acceptors (Lipinski definition) is 2. The molecule has 0 spiro atoms. The lowest BCUT2D eigenvalue weighted by Crippen LogP contribution is -2.31. The Morgan fingerprint density at radius 3 is 2.24 bits per heavy atom. The quantitative estimate of drug-likeness (QED) is 0.525. The minimum Gasteiger partial charge on any atom is -0.314 e. The van der Waals surface area contributed by atoms with Crippen LogP contribution in [-0.2, 0) is 0 Å². The van der Waals surface area contributed by atoms with Crippen molar-refractivity contribution in [2.45, 2.75) is 72.3 Å². The van der Waals surface area contributed by atoms with Gasteiger partial charge in [-0.3, -0.25) is 0 Å². The first kappa shape index (κ1) is 16.9. The molecule has 0 aliphatic carbocycles. The highest BCUT2D eigenvalue weighted by atomic mass is 15.1. The van der Waals surface area contributed by atoms with E-state index in [2.05, 4.69) is 37.9 Å². The first-order valence-electron chi connectivity index (χ1n) is 7.70. The van der Waals surface area contributed by atoms with E-state index in [0.29, 0.717) is 6.04 Å². The van der Waals surface area contributed by atoms with Crippen LogP contribution in [0.1, 0.15) is 66.2 Å². The molecule has 0 radical (unpaired) electrons. The average Bonchev–Trinajstić information content (AvgIpc) is 2.35. The van der Waals surface area contributed by atoms with Gasteiger partial charge in [-0.25, -0.2) is 0 Å². The van der Waals surface area contributed by atoms with E-state index in [1.54, 1.807) is 0 Å². The Morgan fingerprint density at radius 1 is 0.941 bits per heavy atom. The third-order valence-electron chi connectivity index (χ3n) is 3.53. The largest absolute Gasteiger partial charge is 0.314 e. The van der Waals surface area contributed by atoms with E-state index < -0.39 is 0 Å². The molecule has 2 nitrogen and oxygen atoms in total. The van der Waals surface area contributed by atoms with Crippen molar-refractivity contribution in [3.63, 3.8) is 0 Å². The van der Waals surface area contributed by atoms with Gasteiger partial charge in [-0.1, -0.05) is 46.5 Å². The van der Waals surface area contributed by atoms with Crippen molar-refractivity contribution >= 4 is 0 Å². The predicted octanol–water partition coefficient (Wildman–Crippen LogP) is 3.67. The van der Waals surface area contributed by atoms with Crippen LogP contribution in [0.15, 0.2) is 0 Å². The topological polar surface area (TPSA) is 15.3 Å². The molecule has 0 aliphatic rings.